The van der Waals surface area contributed by atoms with Crippen LogP contribution in [0.25, 0.3) is 0 Å². The summed E-state index contributed by atoms with van der Waals surface area (Å²) >= 11 is 0. The molecular weight excluding hydrogens is 198 g/mol. The van der Waals surface area contributed by atoms with Crippen molar-refractivity contribution in [3.05, 3.63) is 34.9 Å². The molecule has 2 rings (SSSR count). The molecule has 0 aromatic heterocycles. The lowest BCUT2D eigenvalue weighted by Gasteiger charge is -2.31. The molecule has 1 N–H and O–H groups in total. The van der Waals surface area contributed by atoms with Crippen LogP contribution in [0, 0.1) is 13.8 Å². The van der Waals surface area contributed by atoms with Crippen molar-refractivity contribution in [1.82, 2.24) is 5.32 Å². The van der Waals surface area contributed by atoms with Gasteiger partial charge in [-0.15, -0.1) is 0 Å². The number of benzene rings is 1. The Morgan fingerprint density at radius 2 is 2.12 bits per heavy atom. The van der Waals surface area contributed by atoms with E-state index in [4.69, 9.17) is 4.74 Å². The van der Waals surface area contributed by atoms with E-state index in [0.717, 1.165) is 19.5 Å². The van der Waals surface area contributed by atoms with Crippen molar-refractivity contribution in [2.75, 3.05) is 13.1 Å². The first-order valence-corrected chi connectivity index (χ1v) is 6.14. The summed E-state index contributed by atoms with van der Waals surface area (Å²) in [5, 5.41) is 3.45. The molecule has 1 saturated heterocycles. The van der Waals surface area contributed by atoms with Gasteiger partial charge in [0.2, 0.25) is 0 Å². The zero-order chi connectivity index (χ0) is 11.5. The number of rotatable bonds is 2. The molecule has 0 saturated carbocycles. The van der Waals surface area contributed by atoms with Gasteiger partial charge < -0.3 is 10.1 Å². The SMILES string of the molecule is CCC1CNCC(c2ccc(C)cc2C)O1. The maximum absolute atomic E-state index is 6.08. The highest BCUT2D eigenvalue weighted by atomic mass is 16.5. The summed E-state index contributed by atoms with van der Waals surface area (Å²) in [6.07, 6.45) is 1.66. The molecule has 16 heavy (non-hydrogen) atoms. The van der Waals surface area contributed by atoms with Crippen LogP contribution in [-0.4, -0.2) is 19.2 Å². The highest BCUT2D eigenvalue weighted by Crippen LogP contribution is 2.25. The fourth-order valence-electron chi connectivity index (χ4n) is 2.31. The van der Waals surface area contributed by atoms with Crippen molar-refractivity contribution in [2.45, 2.75) is 39.4 Å². The van der Waals surface area contributed by atoms with E-state index >= 15 is 0 Å². The summed E-state index contributed by atoms with van der Waals surface area (Å²) in [4.78, 5) is 0. The molecule has 1 aromatic carbocycles. The zero-order valence-electron chi connectivity index (χ0n) is 10.4. The van der Waals surface area contributed by atoms with Crippen molar-refractivity contribution in [1.29, 1.82) is 0 Å². The van der Waals surface area contributed by atoms with Gasteiger partial charge in [-0.1, -0.05) is 30.7 Å². The van der Waals surface area contributed by atoms with Crippen LogP contribution in [0.5, 0.6) is 0 Å². The van der Waals surface area contributed by atoms with Gasteiger partial charge in [0.1, 0.15) is 0 Å². The molecular formula is C14H21NO. The second-order valence-electron chi connectivity index (χ2n) is 4.67. The normalized spacial score (nSPS) is 25.7. The van der Waals surface area contributed by atoms with Crippen LogP contribution >= 0.6 is 0 Å². The Labute approximate surface area is 98.0 Å². The first kappa shape index (κ1) is 11.6. The molecule has 2 atom stereocenters. The summed E-state index contributed by atoms with van der Waals surface area (Å²) in [7, 11) is 0. The second kappa shape index (κ2) is 4.98. The third-order valence-corrected chi connectivity index (χ3v) is 3.29. The Bertz CT molecular complexity index is 362. The Kier molecular flexibility index (Phi) is 3.62. The monoisotopic (exact) mass is 219 g/mol. The third-order valence-electron chi connectivity index (χ3n) is 3.29. The Morgan fingerprint density at radius 3 is 2.81 bits per heavy atom. The molecule has 88 valence electrons. The first-order chi connectivity index (χ1) is 7.70. The van der Waals surface area contributed by atoms with Crippen molar-refractivity contribution in [3.63, 3.8) is 0 Å². The minimum Gasteiger partial charge on any atom is -0.368 e. The van der Waals surface area contributed by atoms with Crippen molar-refractivity contribution in [2.24, 2.45) is 0 Å². The summed E-state index contributed by atoms with van der Waals surface area (Å²) in [5.41, 5.74) is 3.98. The highest BCUT2D eigenvalue weighted by Gasteiger charge is 2.22. The van der Waals surface area contributed by atoms with E-state index in [1.807, 2.05) is 0 Å². The Hall–Kier alpha value is -0.860. The van der Waals surface area contributed by atoms with Crippen LogP contribution in [0.1, 0.15) is 36.1 Å². The largest absolute Gasteiger partial charge is 0.368 e. The lowest BCUT2D eigenvalue weighted by molar-refractivity contribution is -0.0402. The lowest BCUT2D eigenvalue weighted by Crippen LogP contribution is -2.40. The van der Waals surface area contributed by atoms with Crippen LogP contribution in [0.15, 0.2) is 18.2 Å². The molecule has 2 unspecified atom stereocenters. The smallest absolute Gasteiger partial charge is 0.0956 e. The molecule has 0 aliphatic carbocycles. The van der Waals surface area contributed by atoms with Gasteiger partial charge in [0.15, 0.2) is 0 Å². The average Bonchev–Trinajstić information content (AvgIpc) is 2.29. The van der Waals surface area contributed by atoms with Gasteiger partial charge in [-0.25, -0.2) is 0 Å². The number of morpholine rings is 1. The summed E-state index contributed by atoms with van der Waals surface area (Å²) in [6, 6.07) is 6.60. The molecule has 1 aliphatic rings. The molecule has 0 spiro atoms. The molecule has 0 radical (unpaired) electrons. The van der Waals surface area contributed by atoms with Gasteiger partial charge in [-0.3, -0.25) is 0 Å². The van der Waals surface area contributed by atoms with E-state index < -0.39 is 0 Å². The minimum atomic E-state index is 0.222. The van der Waals surface area contributed by atoms with Crippen LogP contribution in [0.4, 0.5) is 0 Å². The van der Waals surface area contributed by atoms with Gasteiger partial charge in [0.25, 0.3) is 0 Å². The summed E-state index contributed by atoms with van der Waals surface area (Å²) in [5.74, 6) is 0. The molecule has 1 aromatic rings. The van der Waals surface area contributed by atoms with Gasteiger partial charge in [-0.05, 0) is 31.4 Å². The van der Waals surface area contributed by atoms with Gasteiger partial charge in [0, 0.05) is 13.1 Å². The van der Waals surface area contributed by atoms with E-state index in [9.17, 15) is 0 Å². The predicted octanol–water partition coefficient (Wildman–Crippen LogP) is 2.74. The van der Waals surface area contributed by atoms with Crippen LogP contribution in [0.3, 0.4) is 0 Å². The number of aryl methyl sites for hydroxylation is 2. The van der Waals surface area contributed by atoms with Gasteiger partial charge in [0.05, 0.1) is 12.2 Å². The molecule has 0 bridgehead atoms. The quantitative estimate of drug-likeness (QED) is 0.826. The zero-order valence-corrected chi connectivity index (χ0v) is 10.4. The Morgan fingerprint density at radius 1 is 1.31 bits per heavy atom. The highest BCUT2D eigenvalue weighted by molar-refractivity contribution is 5.32. The number of hydrogen-bond acceptors (Lipinski definition) is 2. The van der Waals surface area contributed by atoms with Crippen molar-refractivity contribution >= 4 is 0 Å². The fraction of sp³-hybridized carbons (Fsp3) is 0.571. The molecule has 1 heterocycles. The van der Waals surface area contributed by atoms with E-state index in [2.05, 4.69) is 44.3 Å². The molecule has 0 amide bonds. The molecule has 1 aliphatic heterocycles. The average molecular weight is 219 g/mol. The van der Waals surface area contributed by atoms with Gasteiger partial charge >= 0.3 is 0 Å². The molecule has 2 nitrogen and oxygen atoms in total. The summed E-state index contributed by atoms with van der Waals surface area (Å²) < 4.78 is 6.08. The van der Waals surface area contributed by atoms with E-state index in [-0.39, 0.29) is 6.10 Å². The fourth-order valence-corrected chi connectivity index (χ4v) is 2.31. The van der Waals surface area contributed by atoms with Crippen LogP contribution in [-0.2, 0) is 4.74 Å². The predicted molar refractivity (Wildman–Crippen MR) is 66.7 cm³/mol. The standard InChI is InChI=1S/C14H21NO/c1-4-12-8-15-9-14(16-12)13-6-5-10(2)7-11(13)3/h5-7,12,14-15H,4,8-9H2,1-3H3. The second-order valence-corrected chi connectivity index (χ2v) is 4.67. The lowest BCUT2D eigenvalue weighted by atomic mass is 9.99. The topological polar surface area (TPSA) is 21.3 Å². The summed E-state index contributed by atoms with van der Waals surface area (Å²) in [6.45, 7) is 8.39. The van der Waals surface area contributed by atoms with Gasteiger partial charge in [-0.2, -0.15) is 0 Å². The minimum absolute atomic E-state index is 0.222. The Balaban J connectivity index is 2.16. The third kappa shape index (κ3) is 2.45. The first-order valence-electron chi connectivity index (χ1n) is 6.14. The number of ether oxygens (including phenoxy) is 1. The van der Waals surface area contributed by atoms with E-state index in [1.54, 1.807) is 0 Å². The number of hydrogen-bond donors (Lipinski definition) is 1. The maximum atomic E-state index is 6.08. The van der Waals surface area contributed by atoms with E-state index in [0.29, 0.717) is 6.10 Å². The van der Waals surface area contributed by atoms with Crippen molar-refractivity contribution in [3.8, 4) is 0 Å². The molecule has 2 heteroatoms. The van der Waals surface area contributed by atoms with Crippen LogP contribution in [0.2, 0.25) is 0 Å². The maximum Gasteiger partial charge on any atom is 0.0956 e. The number of nitrogens with one attached hydrogen (secondary N) is 1. The molecule has 1 fully saturated rings. The van der Waals surface area contributed by atoms with Crippen molar-refractivity contribution < 1.29 is 4.74 Å². The van der Waals surface area contributed by atoms with E-state index in [1.165, 1.54) is 16.7 Å². The van der Waals surface area contributed by atoms with Crippen LogP contribution < -0.4 is 5.32 Å².